The number of rotatable bonds is 5. The van der Waals surface area contributed by atoms with Crippen LogP contribution in [0.25, 0.3) is 10.9 Å². The molecule has 23 heavy (non-hydrogen) atoms. The number of carbonyl (C=O) groups is 1. The number of fused-ring (bicyclic) bond motifs is 1. The second-order valence-electron chi connectivity index (χ2n) is 4.90. The van der Waals surface area contributed by atoms with Gasteiger partial charge >= 0.3 is 0 Å². The zero-order valence-electron chi connectivity index (χ0n) is 12.7. The summed E-state index contributed by atoms with van der Waals surface area (Å²) >= 11 is 0. The molecule has 1 N–H and O–H groups in total. The molecule has 5 nitrogen and oxygen atoms in total. The lowest BCUT2D eigenvalue weighted by Gasteiger charge is -2.10. The standard InChI is InChI=1S/C18H16N2O3/c1-22-17-7-3-2-6-16(17)20-18(21)12-23-14-8-9-15-13(11-14)5-4-10-19-15/h2-11H,12H2,1H3,(H,20,21). The Morgan fingerprint density at radius 2 is 2.00 bits per heavy atom. The van der Waals surface area contributed by atoms with Crippen molar-refractivity contribution < 1.29 is 14.3 Å². The van der Waals surface area contributed by atoms with Crippen LogP contribution in [0, 0.1) is 0 Å². The summed E-state index contributed by atoms with van der Waals surface area (Å²) in [6.07, 6.45) is 1.74. The van der Waals surface area contributed by atoms with Crippen LogP contribution in [-0.4, -0.2) is 24.6 Å². The fourth-order valence-electron chi connectivity index (χ4n) is 2.23. The van der Waals surface area contributed by atoms with Crippen LogP contribution in [0.15, 0.2) is 60.8 Å². The zero-order chi connectivity index (χ0) is 16.1. The molecule has 5 heteroatoms. The number of nitrogens with one attached hydrogen (secondary N) is 1. The first-order valence-electron chi connectivity index (χ1n) is 7.17. The van der Waals surface area contributed by atoms with E-state index in [0.29, 0.717) is 17.2 Å². The van der Waals surface area contributed by atoms with Crippen molar-refractivity contribution in [2.75, 3.05) is 19.0 Å². The first-order chi connectivity index (χ1) is 11.3. The Morgan fingerprint density at radius 3 is 2.87 bits per heavy atom. The number of anilines is 1. The molecule has 3 rings (SSSR count). The predicted octanol–water partition coefficient (Wildman–Crippen LogP) is 3.26. The molecule has 0 spiro atoms. The number of pyridine rings is 1. The molecule has 0 aliphatic heterocycles. The number of para-hydroxylation sites is 2. The summed E-state index contributed by atoms with van der Waals surface area (Å²) in [6, 6.07) is 16.6. The molecule has 1 amide bonds. The van der Waals surface area contributed by atoms with Gasteiger partial charge in [-0.3, -0.25) is 9.78 Å². The summed E-state index contributed by atoms with van der Waals surface area (Å²) in [7, 11) is 1.56. The zero-order valence-corrected chi connectivity index (χ0v) is 12.7. The largest absolute Gasteiger partial charge is 0.495 e. The molecule has 0 saturated carbocycles. The van der Waals surface area contributed by atoms with Crippen LogP contribution in [0.1, 0.15) is 0 Å². The second-order valence-corrected chi connectivity index (χ2v) is 4.90. The Bertz CT molecular complexity index is 833. The molecule has 0 saturated heterocycles. The Labute approximate surface area is 133 Å². The van der Waals surface area contributed by atoms with Gasteiger partial charge < -0.3 is 14.8 Å². The number of carbonyl (C=O) groups excluding carboxylic acids is 1. The van der Waals surface area contributed by atoms with Gasteiger partial charge in [-0.1, -0.05) is 18.2 Å². The minimum Gasteiger partial charge on any atom is -0.495 e. The van der Waals surface area contributed by atoms with E-state index in [2.05, 4.69) is 10.3 Å². The highest BCUT2D eigenvalue weighted by Crippen LogP contribution is 2.23. The average Bonchev–Trinajstić information content (AvgIpc) is 2.60. The summed E-state index contributed by atoms with van der Waals surface area (Å²) < 4.78 is 10.7. The molecule has 0 atom stereocenters. The summed E-state index contributed by atoms with van der Waals surface area (Å²) in [5.41, 5.74) is 1.50. The number of benzene rings is 2. The summed E-state index contributed by atoms with van der Waals surface area (Å²) in [4.78, 5) is 16.3. The third-order valence-corrected chi connectivity index (χ3v) is 3.33. The van der Waals surface area contributed by atoms with E-state index in [4.69, 9.17) is 9.47 Å². The topological polar surface area (TPSA) is 60.5 Å². The quantitative estimate of drug-likeness (QED) is 0.786. The first kappa shape index (κ1) is 14.8. The number of nitrogens with zero attached hydrogens (tertiary/aromatic N) is 1. The molecule has 0 radical (unpaired) electrons. The Balaban J connectivity index is 1.63. The lowest BCUT2D eigenvalue weighted by molar-refractivity contribution is -0.118. The van der Waals surface area contributed by atoms with Crippen LogP contribution >= 0.6 is 0 Å². The van der Waals surface area contributed by atoms with E-state index in [-0.39, 0.29) is 12.5 Å². The highest BCUT2D eigenvalue weighted by molar-refractivity contribution is 5.93. The molecule has 0 aliphatic carbocycles. The van der Waals surface area contributed by atoms with E-state index in [1.165, 1.54) is 0 Å². The van der Waals surface area contributed by atoms with Crippen molar-refractivity contribution in [2.24, 2.45) is 0 Å². The lowest BCUT2D eigenvalue weighted by Crippen LogP contribution is -2.20. The first-order valence-corrected chi connectivity index (χ1v) is 7.17. The van der Waals surface area contributed by atoms with Gasteiger partial charge in [-0.25, -0.2) is 0 Å². The molecule has 2 aromatic carbocycles. The molecule has 0 fully saturated rings. The van der Waals surface area contributed by atoms with Gasteiger partial charge in [0.05, 0.1) is 18.3 Å². The number of aromatic nitrogens is 1. The van der Waals surface area contributed by atoms with Crippen LogP contribution in [0.3, 0.4) is 0 Å². The Hall–Kier alpha value is -3.08. The molecule has 0 unspecified atom stereocenters. The minimum atomic E-state index is -0.249. The van der Waals surface area contributed by atoms with Crippen molar-refractivity contribution >= 4 is 22.5 Å². The molecular formula is C18H16N2O3. The second kappa shape index (κ2) is 6.79. The Morgan fingerprint density at radius 1 is 1.13 bits per heavy atom. The van der Waals surface area contributed by atoms with Crippen LogP contribution in [0.4, 0.5) is 5.69 Å². The third-order valence-electron chi connectivity index (χ3n) is 3.33. The number of hydrogen-bond acceptors (Lipinski definition) is 4. The van der Waals surface area contributed by atoms with E-state index < -0.39 is 0 Å². The molecular weight excluding hydrogens is 292 g/mol. The van der Waals surface area contributed by atoms with Crippen molar-refractivity contribution in [3.05, 3.63) is 60.8 Å². The normalized spacial score (nSPS) is 10.3. The van der Waals surface area contributed by atoms with Gasteiger partial charge in [0.2, 0.25) is 0 Å². The number of amides is 1. The third kappa shape index (κ3) is 3.58. The molecule has 1 aromatic heterocycles. The summed E-state index contributed by atoms with van der Waals surface area (Å²) in [6.45, 7) is -0.0795. The monoisotopic (exact) mass is 308 g/mol. The Kier molecular flexibility index (Phi) is 4.38. The van der Waals surface area contributed by atoms with Crippen LogP contribution in [0.2, 0.25) is 0 Å². The van der Waals surface area contributed by atoms with Crippen molar-refractivity contribution in [2.45, 2.75) is 0 Å². The van der Waals surface area contributed by atoms with E-state index >= 15 is 0 Å². The fraction of sp³-hybridized carbons (Fsp3) is 0.111. The van der Waals surface area contributed by atoms with Gasteiger partial charge in [0.15, 0.2) is 6.61 Å². The molecule has 116 valence electrons. The summed E-state index contributed by atoms with van der Waals surface area (Å²) in [5.74, 6) is 0.985. The molecule has 3 aromatic rings. The number of hydrogen-bond donors (Lipinski definition) is 1. The van der Waals surface area contributed by atoms with Gasteiger partial charge in [0.25, 0.3) is 5.91 Å². The summed E-state index contributed by atoms with van der Waals surface area (Å²) in [5, 5.41) is 3.74. The van der Waals surface area contributed by atoms with Crippen molar-refractivity contribution in [3.8, 4) is 11.5 Å². The van der Waals surface area contributed by atoms with Gasteiger partial charge in [0.1, 0.15) is 11.5 Å². The number of ether oxygens (including phenoxy) is 2. The minimum absolute atomic E-state index is 0.0795. The average molecular weight is 308 g/mol. The molecule has 1 heterocycles. The maximum absolute atomic E-state index is 12.0. The SMILES string of the molecule is COc1ccccc1NC(=O)COc1ccc2ncccc2c1. The van der Waals surface area contributed by atoms with E-state index in [1.807, 2.05) is 36.4 Å². The fourth-order valence-corrected chi connectivity index (χ4v) is 2.23. The lowest BCUT2D eigenvalue weighted by atomic mass is 10.2. The van der Waals surface area contributed by atoms with Crippen molar-refractivity contribution in [3.63, 3.8) is 0 Å². The van der Waals surface area contributed by atoms with Crippen LogP contribution < -0.4 is 14.8 Å². The van der Waals surface area contributed by atoms with Gasteiger partial charge in [-0.2, -0.15) is 0 Å². The smallest absolute Gasteiger partial charge is 0.262 e. The maximum Gasteiger partial charge on any atom is 0.262 e. The maximum atomic E-state index is 12.0. The highest BCUT2D eigenvalue weighted by Gasteiger charge is 2.08. The van der Waals surface area contributed by atoms with Crippen LogP contribution in [-0.2, 0) is 4.79 Å². The molecule has 0 bridgehead atoms. The highest BCUT2D eigenvalue weighted by atomic mass is 16.5. The predicted molar refractivity (Wildman–Crippen MR) is 88.9 cm³/mol. The van der Waals surface area contributed by atoms with Gasteiger partial charge in [0, 0.05) is 11.6 Å². The number of methoxy groups -OCH3 is 1. The van der Waals surface area contributed by atoms with Crippen LogP contribution in [0.5, 0.6) is 11.5 Å². The van der Waals surface area contributed by atoms with Crippen molar-refractivity contribution in [1.82, 2.24) is 4.98 Å². The van der Waals surface area contributed by atoms with E-state index in [1.54, 1.807) is 31.5 Å². The van der Waals surface area contributed by atoms with Gasteiger partial charge in [-0.05, 0) is 36.4 Å². The van der Waals surface area contributed by atoms with E-state index in [0.717, 1.165) is 10.9 Å². The molecule has 0 aliphatic rings. The van der Waals surface area contributed by atoms with Crippen molar-refractivity contribution in [1.29, 1.82) is 0 Å². The van der Waals surface area contributed by atoms with E-state index in [9.17, 15) is 4.79 Å². The van der Waals surface area contributed by atoms with Gasteiger partial charge in [-0.15, -0.1) is 0 Å².